The van der Waals surface area contributed by atoms with Gasteiger partial charge >= 0.3 is 12.1 Å². The number of aryl methyl sites for hydroxylation is 1. The number of alkyl carbamates (subject to hydrolysis) is 1. The molecular weight excluding hydrogens is 362 g/mol. The molecule has 1 aromatic rings. The van der Waals surface area contributed by atoms with Crippen molar-refractivity contribution < 1.29 is 23.9 Å². The van der Waals surface area contributed by atoms with Gasteiger partial charge in [0, 0.05) is 6.42 Å². The van der Waals surface area contributed by atoms with E-state index in [1.165, 1.54) is 5.56 Å². The van der Waals surface area contributed by atoms with E-state index in [2.05, 4.69) is 17.4 Å². The molecule has 1 rings (SSSR count). The van der Waals surface area contributed by atoms with Crippen molar-refractivity contribution in [3.8, 4) is 0 Å². The zero-order valence-electron chi connectivity index (χ0n) is 17.3. The first-order valence-corrected chi connectivity index (χ1v) is 9.32. The Bertz CT molecular complexity index is 665. The minimum Gasteiger partial charge on any atom is -0.463 e. The number of hydrogen-bond donors (Lipinski definition) is 2. The molecule has 1 amide bonds. The molecule has 0 saturated heterocycles. The number of nitrogens with zero attached hydrogens (tertiary/aromatic N) is 1. The fourth-order valence-electron chi connectivity index (χ4n) is 2.25. The van der Waals surface area contributed by atoms with Crippen LogP contribution in [0.15, 0.2) is 29.4 Å². The molecule has 0 unspecified atom stereocenters. The summed E-state index contributed by atoms with van der Waals surface area (Å²) in [4.78, 5) is 28.4. The van der Waals surface area contributed by atoms with Gasteiger partial charge in [-0.3, -0.25) is 0 Å². The van der Waals surface area contributed by atoms with Crippen LogP contribution in [-0.2, 0) is 31.9 Å². The van der Waals surface area contributed by atoms with Crippen molar-refractivity contribution in [3.63, 3.8) is 0 Å². The van der Waals surface area contributed by atoms with Crippen molar-refractivity contribution in [2.75, 3.05) is 13.2 Å². The van der Waals surface area contributed by atoms with Gasteiger partial charge in [-0.1, -0.05) is 36.3 Å². The third kappa shape index (κ3) is 9.25. The molecule has 0 fully saturated rings. The molecule has 1 aromatic carbocycles. The minimum atomic E-state index is -0.662. The second-order valence-corrected chi connectivity index (χ2v) is 7.17. The van der Waals surface area contributed by atoms with E-state index in [1.807, 2.05) is 24.3 Å². The van der Waals surface area contributed by atoms with Crippen LogP contribution in [0.4, 0.5) is 4.79 Å². The van der Waals surface area contributed by atoms with E-state index < -0.39 is 23.7 Å². The van der Waals surface area contributed by atoms with Gasteiger partial charge in [0.2, 0.25) is 6.61 Å². The number of nitrogens with one attached hydrogen (secondary N) is 1. The van der Waals surface area contributed by atoms with Crippen LogP contribution in [0.3, 0.4) is 0 Å². The third-order valence-electron chi connectivity index (χ3n) is 3.58. The van der Waals surface area contributed by atoms with Gasteiger partial charge < -0.3 is 25.4 Å². The van der Waals surface area contributed by atoms with Gasteiger partial charge in [0.25, 0.3) is 0 Å². The Morgan fingerprint density at radius 3 is 2.29 bits per heavy atom. The second kappa shape index (κ2) is 11.2. The van der Waals surface area contributed by atoms with Crippen molar-refractivity contribution in [1.29, 1.82) is 0 Å². The van der Waals surface area contributed by atoms with Crippen LogP contribution < -0.4 is 11.1 Å². The van der Waals surface area contributed by atoms with Crippen molar-refractivity contribution in [2.45, 2.75) is 59.1 Å². The molecule has 28 heavy (non-hydrogen) atoms. The zero-order chi connectivity index (χ0) is 21.2. The Morgan fingerprint density at radius 1 is 1.14 bits per heavy atom. The lowest BCUT2D eigenvalue weighted by Crippen LogP contribution is -2.47. The summed E-state index contributed by atoms with van der Waals surface area (Å²) in [5.74, 6) is -0.527. The van der Waals surface area contributed by atoms with Crippen LogP contribution in [0.5, 0.6) is 0 Å². The number of benzene rings is 1. The number of amides is 1. The highest BCUT2D eigenvalue weighted by Gasteiger charge is 2.22. The number of amidine groups is 1. The first kappa shape index (κ1) is 23.3. The molecule has 1 atom stereocenters. The van der Waals surface area contributed by atoms with Gasteiger partial charge in [-0.15, -0.1) is 0 Å². The maximum atomic E-state index is 12.2. The molecule has 0 bridgehead atoms. The number of esters is 1. The average Bonchev–Trinajstić information content (AvgIpc) is 2.60. The Kier molecular flexibility index (Phi) is 9.27. The van der Waals surface area contributed by atoms with Crippen LogP contribution >= 0.6 is 0 Å². The summed E-state index contributed by atoms with van der Waals surface area (Å²) in [6.07, 6.45) is 0.707. The molecule has 156 valence electrons. The Labute approximate surface area is 166 Å². The minimum absolute atomic E-state index is 0.0229. The number of carbonyl (C=O) groups is 2. The Balaban J connectivity index is 2.85. The van der Waals surface area contributed by atoms with E-state index in [1.54, 1.807) is 27.7 Å². The quantitative estimate of drug-likeness (QED) is 0.289. The molecule has 3 N–H and O–H groups in total. The fourth-order valence-corrected chi connectivity index (χ4v) is 2.25. The standard InChI is InChI=1S/C20H31N3O5/c1-6-14-8-10-15(11-9-14)12-16(22-19(25)28-20(3,4)5)18(21)23-27-13-17(24)26-7-2/h8-11,16H,6-7,12-13H2,1-5H3,(H2,21,23)(H,22,25)/t16-/m0/s1. The Morgan fingerprint density at radius 2 is 1.75 bits per heavy atom. The number of carbonyl (C=O) groups excluding carboxylic acids is 2. The summed E-state index contributed by atoms with van der Waals surface area (Å²) < 4.78 is 10.0. The largest absolute Gasteiger partial charge is 0.463 e. The van der Waals surface area contributed by atoms with E-state index >= 15 is 0 Å². The van der Waals surface area contributed by atoms with E-state index in [0.29, 0.717) is 6.42 Å². The monoisotopic (exact) mass is 393 g/mol. The summed E-state index contributed by atoms with van der Waals surface area (Å²) in [5, 5.41) is 6.45. The fraction of sp³-hybridized carbons (Fsp3) is 0.550. The number of ether oxygens (including phenoxy) is 2. The van der Waals surface area contributed by atoms with Crippen molar-refractivity contribution in [3.05, 3.63) is 35.4 Å². The van der Waals surface area contributed by atoms with Gasteiger partial charge in [0.15, 0.2) is 5.84 Å². The van der Waals surface area contributed by atoms with Crippen molar-refractivity contribution in [2.24, 2.45) is 10.9 Å². The lowest BCUT2D eigenvalue weighted by atomic mass is 10.0. The van der Waals surface area contributed by atoms with Crippen LogP contribution in [0, 0.1) is 0 Å². The number of hydrogen-bond acceptors (Lipinski definition) is 6. The van der Waals surface area contributed by atoms with Gasteiger partial charge in [0.1, 0.15) is 5.60 Å². The summed E-state index contributed by atoms with van der Waals surface area (Å²) in [7, 11) is 0. The molecule has 8 nitrogen and oxygen atoms in total. The van der Waals surface area contributed by atoms with Crippen LogP contribution in [0.25, 0.3) is 0 Å². The molecule has 0 aliphatic carbocycles. The molecule has 0 aliphatic rings. The average molecular weight is 393 g/mol. The Hall–Kier alpha value is -2.77. The molecule has 0 radical (unpaired) electrons. The summed E-state index contributed by atoms with van der Waals surface area (Å²) in [5.41, 5.74) is 7.52. The number of nitrogens with two attached hydrogens (primary N) is 1. The predicted octanol–water partition coefficient (Wildman–Crippen LogP) is 2.54. The topological polar surface area (TPSA) is 112 Å². The predicted molar refractivity (Wildman–Crippen MR) is 107 cm³/mol. The maximum Gasteiger partial charge on any atom is 0.408 e. The van der Waals surface area contributed by atoms with Crippen LogP contribution in [0.1, 0.15) is 45.7 Å². The van der Waals surface area contributed by atoms with Crippen LogP contribution in [-0.4, -0.2) is 42.8 Å². The van der Waals surface area contributed by atoms with Crippen LogP contribution in [0.2, 0.25) is 0 Å². The molecule has 0 spiro atoms. The van der Waals surface area contributed by atoms with E-state index in [0.717, 1.165) is 12.0 Å². The van der Waals surface area contributed by atoms with E-state index in [4.69, 9.17) is 20.0 Å². The maximum absolute atomic E-state index is 12.2. The summed E-state index contributed by atoms with van der Waals surface area (Å²) in [6.45, 7) is 8.96. The highest BCUT2D eigenvalue weighted by molar-refractivity contribution is 5.88. The highest BCUT2D eigenvalue weighted by atomic mass is 16.7. The molecule has 8 heteroatoms. The van der Waals surface area contributed by atoms with E-state index in [-0.39, 0.29) is 19.0 Å². The molecule has 0 aliphatic heterocycles. The van der Waals surface area contributed by atoms with Gasteiger partial charge in [0.05, 0.1) is 12.6 Å². The normalized spacial score (nSPS) is 12.8. The molecule has 0 aromatic heterocycles. The lowest BCUT2D eigenvalue weighted by Gasteiger charge is -2.23. The first-order valence-electron chi connectivity index (χ1n) is 9.32. The highest BCUT2D eigenvalue weighted by Crippen LogP contribution is 2.10. The van der Waals surface area contributed by atoms with Crippen molar-refractivity contribution in [1.82, 2.24) is 5.32 Å². The molecule has 0 saturated carbocycles. The van der Waals surface area contributed by atoms with Gasteiger partial charge in [-0.05, 0) is 45.2 Å². The summed E-state index contributed by atoms with van der Waals surface area (Å²) >= 11 is 0. The van der Waals surface area contributed by atoms with Crippen molar-refractivity contribution >= 4 is 17.9 Å². The first-order chi connectivity index (χ1) is 13.1. The number of rotatable bonds is 9. The zero-order valence-corrected chi connectivity index (χ0v) is 17.3. The lowest BCUT2D eigenvalue weighted by molar-refractivity contribution is -0.148. The third-order valence-corrected chi connectivity index (χ3v) is 3.58. The smallest absolute Gasteiger partial charge is 0.408 e. The van der Waals surface area contributed by atoms with Gasteiger partial charge in [-0.25, -0.2) is 9.59 Å². The molecular formula is C20H31N3O5. The second-order valence-electron chi connectivity index (χ2n) is 7.17. The van der Waals surface area contributed by atoms with E-state index in [9.17, 15) is 9.59 Å². The molecule has 0 heterocycles. The number of oxime groups is 1. The summed E-state index contributed by atoms with van der Waals surface area (Å²) in [6, 6.07) is 7.31. The SMILES string of the molecule is CCOC(=O)CO/N=C(\N)[C@H](Cc1ccc(CC)cc1)NC(=O)OC(C)(C)C. The van der Waals surface area contributed by atoms with Gasteiger partial charge in [-0.2, -0.15) is 0 Å².